The van der Waals surface area contributed by atoms with Crippen molar-refractivity contribution in [1.29, 1.82) is 5.26 Å². The molecule has 1 rings (SSSR count). The van der Waals surface area contributed by atoms with E-state index in [-0.39, 0.29) is 29.2 Å². The molecule has 1 aromatic heterocycles. The number of hydrogen-bond acceptors (Lipinski definition) is 4. The van der Waals surface area contributed by atoms with Crippen LogP contribution in [-0.4, -0.2) is 28.9 Å². The van der Waals surface area contributed by atoms with Crippen LogP contribution in [0.25, 0.3) is 0 Å². The van der Waals surface area contributed by atoms with Crippen molar-refractivity contribution in [2.45, 2.75) is 19.4 Å². The van der Waals surface area contributed by atoms with Gasteiger partial charge in [0.25, 0.3) is 5.91 Å². The molecular weight excluding hydrogens is 240 g/mol. The van der Waals surface area contributed by atoms with E-state index in [9.17, 15) is 4.79 Å². The van der Waals surface area contributed by atoms with Gasteiger partial charge in [0, 0.05) is 19.3 Å². The van der Waals surface area contributed by atoms with Gasteiger partial charge in [-0.1, -0.05) is 11.6 Å². The van der Waals surface area contributed by atoms with Crippen molar-refractivity contribution in [3.05, 3.63) is 22.8 Å². The van der Waals surface area contributed by atoms with E-state index < -0.39 is 0 Å². The van der Waals surface area contributed by atoms with Gasteiger partial charge in [0.05, 0.1) is 23.1 Å². The van der Waals surface area contributed by atoms with E-state index in [1.165, 1.54) is 17.2 Å². The fourth-order valence-corrected chi connectivity index (χ4v) is 1.40. The third kappa shape index (κ3) is 3.08. The Balaban J connectivity index is 2.89. The number of halogens is 1. The lowest BCUT2D eigenvalue weighted by molar-refractivity contribution is 0.0746. The average molecular weight is 253 g/mol. The number of nitrogens with two attached hydrogens (primary N) is 1. The van der Waals surface area contributed by atoms with E-state index in [2.05, 4.69) is 4.98 Å². The van der Waals surface area contributed by atoms with Gasteiger partial charge in [-0.2, -0.15) is 5.26 Å². The Morgan fingerprint density at radius 2 is 2.41 bits per heavy atom. The van der Waals surface area contributed by atoms with Gasteiger partial charge in [0.2, 0.25) is 0 Å². The Hall–Kier alpha value is -1.80. The van der Waals surface area contributed by atoms with Gasteiger partial charge in [-0.3, -0.25) is 4.79 Å². The Kier molecular flexibility index (Phi) is 4.30. The van der Waals surface area contributed by atoms with Crippen LogP contribution in [0, 0.1) is 11.3 Å². The highest BCUT2D eigenvalue weighted by atomic mass is 35.5. The number of anilines is 1. The van der Waals surface area contributed by atoms with Crippen molar-refractivity contribution >= 4 is 23.3 Å². The van der Waals surface area contributed by atoms with Gasteiger partial charge >= 0.3 is 0 Å². The predicted octanol–water partition coefficient (Wildman–Crippen LogP) is 1.69. The standard InChI is InChI=1S/C11H13ClN4O/c1-7(3-4-13)16(2)11(17)8-5-9(12)10(14)15-6-8/h5-7H,3H2,1-2H3,(H2,14,15). The summed E-state index contributed by atoms with van der Waals surface area (Å²) >= 11 is 5.79. The first-order valence-corrected chi connectivity index (χ1v) is 5.40. The number of hydrogen-bond donors (Lipinski definition) is 1. The molecule has 0 radical (unpaired) electrons. The zero-order valence-electron chi connectivity index (χ0n) is 9.64. The van der Waals surface area contributed by atoms with Gasteiger partial charge in [0.1, 0.15) is 5.82 Å². The molecule has 1 atom stereocenters. The van der Waals surface area contributed by atoms with Gasteiger partial charge in [-0.15, -0.1) is 0 Å². The van der Waals surface area contributed by atoms with E-state index >= 15 is 0 Å². The van der Waals surface area contributed by atoms with Crippen LogP contribution in [0.15, 0.2) is 12.3 Å². The van der Waals surface area contributed by atoms with Crippen molar-refractivity contribution in [1.82, 2.24) is 9.88 Å². The molecule has 0 aliphatic rings. The maximum Gasteiger partial charge on any atom is 0.255 e. The number of carbonyl (C=O) groups excluding carboxylic acids is 1. The third-order valence-corrected chi connectivity index (χ3v) is 2.79. The zero-order valence-corrected chi connectivity index (χ0v) is 10.4. The summed E-state index contributed by atoms with van der Waals surface area (Å²) in [5, 5.41) is 8.83. The lowest BCUT2D eigenvalue weighted by Gasteiger charge is -2.22. The second-order valence-electron chi connectivity index (χ2n) is 3.72. The molecular formula is C11H13ClN4O. The highest BCUT2D eigenvalue weighted by molar-refractivity contribution is 6.33. The van der Waals surface area contributed by atoms with E-state index in [1.807, 2.05) is 6.07 Å². The topological polar surface area (TPSA) is 83.0 Å². The molecule has 0 saturated carbocycles. The molecule has 0 aliphatic heterocycles. The molecule has 0 fully saturated rings. The number of amides is 1. The lowest BCUT2D eigenvalue weighted by atomic mass is 10.2. The lowest BCUT2D eigenvalue weighted by Crippen LogP contribution is -2.34. The first-order chi connectivity index (χ1) is 7.97. The minimum absolute atomic E-state index is 0.163. The molecule has 0 saturated heterocycles. The normalized spacial score (nSPS) is 11.6. The smallest absolute Gasteiger partial charge is 0.255 e. The summed E-state index contributed by atoms with van der Waals surface area (Å²) in [5.74, 6) is -0.0434. The Bertz CT molecular complexity index is 469. The molecule has 6 heteroatoms. The largest absolute Gasteiger partial charge is 0.382 e. The summed E-state index contributed by atoms with van der Waals surface area (Å²) in [5.41, 5.74) is 5.82. The van der Waals surface area contributed by atoms with Crippen LogP contribution in [0.2, 0.25) is 5.02 Å². The number of aromatic nitrogens is 1. The summed E-state index contributed by atoms with van der Waals surface area (Å²) in [6.45, 7) is 1.80. The van der Waals surface area contributed by atoms with Crippen LogP contribution >= 0.6 is 11.6 Å². The highest BCUT2D eigenvalue weighted by Gasteiger charge is 2.18. The predicted molar refractivity (Wildman–Crippen MR) is 65.4 cm³/mol. The quantitative estimate of drug-likeness (QED) is 0.887. The first kappa shape index (κ1) is 13.3. The number of nitrogen functional groups attached to an aromatic ring is 1. The molecule has 5 nitrogen and oxygen atoms in total. The minimum atomic E-state index is -0.234. The average Bonchev–Trinajstić information content (AvgIpc) is 2.31. The minimum Gasteiger partial charge on any atom is -0.382 e. The van der Waals surface area contributed by atoms with Gasteiger partial charge < -0.3 is 10.6 Å². The van der Waals surface area contributed by atoms with Gasteiger partial charge in [-0.05, 0) is 13.0 Å². The van der Waals surface area contributed by atoms with E-state index in [4.69, 9.17) is 22.6 Å². The zero-order chi connectivity index (χ0) is 13.0. The monoisotopic (exact) mass is 252 g/mol. The summed E-state index contributed by atoms with van der Waals surface area (Å²) < 4.78 is 0. The second kappa shape index (κ2) is 5.51. The van der Waals surface area contributed by atoms with Crippen molar-refractivity contribution in [3.8, 4) is 6.07 Å². The number of rotatable bonds is 3. The summed E-state index contributed by atoms with van der Waals surface area (Å²) in [6, 6.07) is 3.33. The molecule has 0 spiro atoms. The maximum atomic E-state index is 12.0. The van der Waals surface area contributed by atoms with Crippen LogP contribution in [0.5, 0.6) is 0 Å². The summed E-state index contributed by atoms with van der Waals surface area (Å²) in [6.07, 6.45) is 1.65. The maximum absolute atomic E-state index is 12.0. The molecule has 1 unspecified atom stereocenters. The fourth-order valence-electron chi connectivity index (χ4n) is 1.24. The highest BCUT2D eigenvalue weighted by Crippen LogP contribution is 2.18. The Morgan fingerprint density at radius 1 is 1.76 bits per heavy atom. The van der Waals surface area contributed by atoms with Crippen LogP contribution in [0.1, 0.15) is 23.7 Å². The van der Waals surface area contributed by atoms with Crippen molar-refractivity contribution in [3.63, 3.8) is 0 Å². The molecule has 0 bridgehead atoms. The number of carbonyl (C=O) groups is 1. The van der Waals surface area contributed by atoms with E-state index in [1.54, 1.807) is 14.0 Å². The summed E-state index contributed by atoms with van der Waals surface area (Å²) in [4.78, 5) is 17.3. The molecule has 1 heterocycles. The fraction of sp³-hybridized carbons (Fsp3) is 0.364. The molecule has 90 valence electrons. The molecule has 1 aromatic rings. The third-order valence-electron chi connectivity index (χ3n) is 2.48. The second-order valence-corrected chi connectivity index (χ2v) is 4.13. The van der Waals surface area contributed by atoms with Crippen LogP contribution in [0.3, 0.4) is 0 Å². The van der Waals surface area contributed by atoms with Gasteiger partial charge in [-0.25, -0.2) is 4.98 Å². The molecule has 2 N–H and O–H groups in total. The van der Waals surface area contributed by atoms with Crippen molar-refractivity contribution in [2.75, 3.05) is 12.8 Å². The molecule has 0 aromatic carbocycles. The Labute approximate surface area is 105 Å². The number of nitrogens with zero attached hydrogens (tertiary/aromatic N) is 3. The molecule has 0 aliphatic carbocycles. The van der Waals surface area contributed by atoms with Crippen LogP contribution in [0.4, 0.5) is 5.82 Å². The number of nitriles is 1. The van der Waals surface area contributed by atoms with Crippen molar-refractivity contribution < 1.29 is 4.79 Å². The van der Waals surface area contributed by atoms with E-state index in [0.717, 1.165) is 0 Å². The van der Waals surface area contributed by atoms with Crippen molar-refractivity contribution in [2.24, 2.45) is 0 Å². The summed E-state index contributed by atoms with van der Waals surface area (Å²) in [7, 11) is 1.63. The van der Waals surface area contributed by atoms with Crippen LogP contribution < -0.4 is 5.73 Å². The molecule has 1 amide bonds. The van der Waals surface area contributed by atoms with Gasteiger partial charge in [0.15, 0.2) is 0 Å². The Morgan fingerprint density at radius 3 is 2.94 bits per heavy atom. The van der Waals surface area contributed by atoms with E-state index in [0.29, 0.717) is 5.56 Å². The first-order valence-electron chi connectivity index (χ1n) is 5.02. The SMILES string of the molecule is CC(CC#N)N(C)C(=O)c1cnc(N)c(Cl)c1. The van der Waals surface area contributed by atoms with Crippen LogP contribution in [-0.2, 0) is 0 Å². The molecule has 17 heavy (non-hydrogen) atoms. The number of pyridine rings is 1.